The summed E-state index contributed by atoms with van der Waals surface area (Å²) in [6.45, 7) is 1.11. The van der Waals surface area contributed by atoms with Gasteiger partial charge in [-0.3, -0.25) is 14.6 Å². The first-order valence-electron chi connectivity index (χ1n) is 18.7. The predicted molar refractivity (Wildman–Crippen MR) is 202 cm³/mol. The van der Waals surface area contributed by atoms with Crippen molar-refractivity contribution in [2.75, 3.05) is 31.2 Å². The van der Waals surface area contributed by atoms with Gasteiger partial charge in [0.05, 0.1) is 24.2 Å². The van der Waals surface area contributed by atoms with E-state index in [1.807, 2.05) is 23.3 Å². The molecular weight excluding hydrogens is 726 g/mol. The molecule has 1 fully saturated rings. The van der Waals surface area contributed by atoms with Gasteiger partial charge in [0.1, 0.15) is 59.4 Å². The van der Waals surface area contributed by atoms with Crippen LogP contribution in [-0.4, -0.2) is 105 Å². The van der Waals surface area contributed by atoms with Crippen LogP contribution in [0, 0.1) is 18.8 Å². The molecule has 56 heavy (non-hydrogen) atoms. The fourth-order valence-corrected chi connectivity index (χ4v) is 8.53. The molecule has 1 aromatic heterocycles. The van der Waals surface area contributed by atoms with E-state index in [4.69, 9.17) is 18.9 Å². The standard InChI is InChI=1S/C41H45N3O12/c1-22-11-31(47)29-12-26-13-33(56-53-21-40(52,39(51)36(50)32(48)20-45)15-23-4-6-28(46)7-5-23)41(9-2-3-24(16-41)27-14-34(49)43-17-27)55-37(26)35(38(29)54-22)44-18-25-8-10-42-30(25)19-44/h2-8,10-12,19,24,27,32-33,36,39,45-46,48,50-52H,9,13-18,20-21H2,1H3,(H,43,49)/t24-,27+,32-,33-,36-,39+,40+,41-/m1/s1. The van der Waals surface area contributed by atoms with Crippen molar-refractivity contribution in [3.8, 4) is 11.5 Å². The van der Waals surface area contributed by atoms with Gasteiger partial charge in [0.15, 0.2) is 16.8 Å². The molecule has 0 unspecified atom stereocenters. The summed E-state index contributed by atoms with van der Waals surface area (Å²) in [5.41, 5.74) is 0.241. The SMILES string of the molecule is Cc1cc(=O)c2cc3c(c(N4C=C5N=CC=C5C4)c2o1)O[C@@]1(CC=C[C@@H]([C@@H]2CNC(=O)C2)C1)[C@H](OOC[C@@](O)(Cc1ccc(O)cc1)[C@@H](O)[C@H](O)[C@H](O)CO)C3. The molecule has 3 aromatic rings. The lowest BCUT2D eigenvalue weighted by Gasteiger charge is -2.48. The number of phenols is 1. The molecule has 8 atom stereocenters. The molecule has 0 radical (unpaired) electrons. The summed E-state index contributed by atoms with van der Waals surface area (Å²) >= 11 is 0. The molecule has 1 aliphatic carbocycles. The zero-order valence-corrected chi connectivity index (χ0v) is 30.7. The molecule has 1 saturated heterocycles. The van der Waals surface area contributed by atoms with E-state index in [1.54, 1.807) is 19.2 Å². The Bertz CT molecular complexity index is 2200. The van der Waals surface area contributed by atoms with Crippen LogP contribution in [-0.2, 0) is 27.4 Å². The van der Waals surface area contributed by atoms with Crippen LogP contribution in [0.3, 0.4) is 0 Å². The molecule has 2 aromatic carbocycles. The van der Waals surface area contributed by atoms with E-state index in [0.29, 0.717) is 71.6 Å². The summed E-state index contributed by atoms with van der Waals surface area (Å²) < 4.78 is 13.4. The molecule has 0 bridgehead atoms. The first kappa shape index (κ1) is 38.0. The minimum absolute atomic E-state index is 0.00304. The number of nitrogens with one attached hydrogen (secondary N) is 1. The number of benzene rings is 2. The summed E-state index contributed by atoms with van der Waals surface area (Å²) in [5.74, 6) is 0.797. The Morgan fingerprint density at radius 3 is 2.68 bits per heavy atom. The molecule has 15 nitrogen and oxygen atoms in total. The fraction of sp³-hybridized carbons (Fsp3) is 0.439. The minimum Gasteiger partial charge on any atom is -0.508 e. The van der Waals surface area contributed by atoms with Gasteiger partial charge in [-0.15, -0.1) is 0 Å². The van der Waals surface area contributed by atoms with Crippen LogP contribution in [0.25, 0.3) is 11.0 Å². The monoisotopic (exact) mass is 771 g/mol. The lowest BCUT2D eigenvalue weighted by molar-refractivity contribution is -0.373. The third-order valence-electron chi connectivity index (χ3n) is 11.6. The summed E-state index contributed by atoms with van der Waals surface area (Å²) in [6, 6.07) is 9.00. The number of nitrogens with zero attached hydrogens (tertiary/aromatic N) is 2. The number of anilines is 1. The van der Waals surface area contributed by atoms with Gasteiger partial charge in [-0.2, -0.15) is 0 Å². The maximum absolute atomic E-state index is 13.5. The number of aromatic hydroxyl groups is 1. The van der Waals surface area contributed by atoms with Crippen molar-refractivity contribution in [1.82, 2.24) is 5.32 Å². The van der Waals surface area contributed by atoms with E-state index in [0.717, 1.165) is 11.3 Å². The number of fused-ring (bicyclic) bond motifs is 3. The van der Waals surface area contributed by atoms with Gasteiger partial charge in [-0.05, 0) is 55.0 Å². The van der Waals surface area contributed by atoms with E-state index in [9.17, 15) is 40.2 Å². The fourth-order valence-electron chi connectivity index (χ4n) is 8.53. The van der Waals surface area contributed by atoms with E-state index < -0.39 is 48.8 Å². The van der Waals surface area contributed by atoms with E-state index in [1.165, 1.54) is 30.3 Å². The zero-order valence-electron chi connectivity index (χ0n) is 30.7. The quantitative estimate of drug-likeness (QED) is 0.0791. The molecule has 1 amide bonds. The predicted octanol–water partition coefficient (Wildman–Crippen LogP) is 1.62. The normalized spacial score (nSPS) is 26.6. The van der Waals surface area contributed by atoms with Crippen molar-refractivity contribution in [3.63, 3.8) is 0 Å². The number of aliphatic imine (C=N–C) groups is 1. The lowest BCUT2D eigenvalue weighted by Crippen LogP contribution is -2.58. The second-order valence-corrected chi connectivity index (χ2v) is 15.5. The van der Waals surface area contributed by atoms with Gasteiger partial charge in [0, 0.05) is 61.8 Å². The van der Waals surface area contributed by atoms with Gasteiger partial charge >= 0.3 is 0 Å². The Labute approximate surface area is 321 Å². The third kappa shape index (κ3) is 7.04. The average Bonchev–Trinajstić information content (AvgIpc) is 3.92. The number of rotatable bonds is 12. The maximum Gasteiger partial charge on any atom is 0.220 e. The van der Waals surface area contributed by atoms with Crippen LogP contribution < -0.4 is 20.4 Å². The van der Waals surface area contributed by atoms with Crippen LogP contribution in [0.5, 0.6) is 11.5 Å². The van der Waals surface area contributed by atoms with Gasteiger partial charge < -0.3 is 50.0 Å². The lowest BCUT2D eigenvalue weighted by atomic mass is 9.71. The molecule has 8 rings (SSSR count). The molecule has 0 saturated carbocycles. The van der Waals surface area contributed by atoms with Crippen molar-refractivity contribution in [2.45, 2.75) is 74.6 Å². The zero-order chi connectivity index (χ0) is 39.4. The van der Waals surface area contributed by atoms with Crippen molar-refractivity contribution in [2.24, 2.45) is 16.8 Å². The van der Waals surface area contributed by atoms with Gasteiger partial charge in [-0.25, -0.2) is 9.78 Å². The highest BCUT2D eigenvalue weighted by atomic mass is 17.2. The van der Waals surface area contributed by atoms with Crippen molar-refractivity contribution < 1.29 is 54.4 Å². The van der Waals surface area contributed by atoms with Crippen LogP contribution >= 0.6 is 0 Å². The number of hydrogen-bond acceptors (Lipinski definition) is 14. The highest BCUT2D eigenvalue weighted by Gasteiger charge is 2.52. The molecule has 4 aliphatic heterocycles. The van der Waals surface area contributed by atoms with Crippen LogP contribution in [0.4, 0.5) is 5.69 Å². The number of carbonyl (C=O) groups excluding carboxylic acids is 1. The number of aryl methyl sites for hydroxylation is 1. The minimum atomic E-state index is -2.27. The highest BCUT2D eigenvalue weighted by molar-refractivity contribution is 5.96. The Hall–Kier alpha value is -4.87. The number of allylic oxidation sites excluding steroid dienone is 2. The van der Waals surface area contributed by atoms with Crippen molar-refractivity contribution >= 4 is 28.8 Å². The summed E-state index contributed by atoms with van der Waals surface area (Å²) in [7, 11) is 0. The Kier molecular flexibility index (Phi) is 10.1. The number of aliphatic hydroxyl groups is 5. The summed E-state index contributed by atoms with van der Waals surface area (Å²) in [6.07, 6.45) is 4.10. The van der Waals surface area contributed by atoms with E-state index >= 15 is 0 Å². The summed E-state index contributed by atoms with van der Waals surface area (Å²) in [5, 5.41) is 66.5. The molecule has 1 spiro atoms. The van der Waals surface area contributed by atoms with Gasteiger partial charge in [0.2, 0.25) is 5.91 Å². The molecule has 296 valence electrons. The second-order valence-electron chi connectivity index (χ2n) is 15.5. The topological polar surface area (TPSA) is 224 Å². The first-order valence-corrected chi connectivity index (χ1v) is 18.7. The number of hydrogen-bond donors (Lipinski definition) is 7. The van der Waals surface area contributed by atoms with Crippen molar-refractivity contribution in [3.05, 3.63) is 99.2 Å². The molecule has 15 heteroatoms. The van der Waals surface area contributed by atoms with Crippen LogP contribution in [0.1, 0.15) is 36.1 Å². The van der Waals surface area contributed by atoms with E-state index in [2.05, 4.69) is 16.4 Å². The Morgan fingerprint density at radius 1 is 1.14 bits per heavy atom. The molecular formula is C41H45N3O12. The number of ether oxygens (including phenoxy) is 1. The van der Waals surface area contributed by atoms with Gasteiger partial charge in [0.25, 0.3) is 0 Å². The first-order chi connectivity index (χ1) is 26.9. The largest absolute Gasteiger partial charge is 0.508 e. The Morgan fingerprint density at radius 2 is 1.95 bits per heavy atom. The molecule has 5 aliphatic rings. The number of aliphatic hydroxyl groups excluding tert-OH is 4. The Balaban J connectivity index is 1.17. The number of carbonyl (C=O) groups is 1. The third-order valence-corrected chi connectivity index (χ3v) is 11.6. The van der Waals surface area contributed by atoms with Crippen LogP contribution in [0.2, 0.25) is 0 Å². The summed E-state index contributed by atoms with van der Waals surface area (Å²) in [4.78, 5) is 44.3. The van der Waals surface area contributed by atoms with E-state index in [-0.39, 0.29) is 41.8 Å². The molecule has 7 N–H and O–H groups in total. The molecule has 5 heterocycles. The van der Waals surface area contributed by atoms with Crippen molar-refractivity contribution in [1.29, 1.82) is 0 Å². The maximum atomic E-state index is 13.5. The smallest absolute Gasteiger partial charge is 0.220 e. The second kappa shape index (κ2) is 14.9. The number of phenolic OH excluding ortho intramolecular Hbond substituents is 1. The highest BCUT2D eigenvalue weighted by Crippen LogP contribution is 2.51. The average molecular weight is 772 g/mol. The number of amides is 1. The van der Waals surface area contributed by atoms with Crippen LogP contribution in [0.15, 0.2) is 86.3 Å². The van der Waals surface area contributed by atoms with Gasteiger partial charge in [-0.1, -0.05) is 24.3 Å².